The van der Waals surface area contributed by atoms with Crippen LogP contribution in [0.15, 0.2) is 22.7 Å². The molecule has 20 heavy (non-hydrogen) atoms. The fraction of sp³-hybridized carbons (Fsp3) is 0.533. The first-order valence-corrected chi connectivity index (χ1v) is 7.84. The molecule has 2 rings (SSSR count). The Bertz CT molecular complexity index is 475. The molecule has 1 unspecified atom stereocenters. The fourth-order valence-corrected chi connectivity index (χ4v) is 2.93. The maximum atomic E-state index is 13.8. The Morgan fingerprint density at radius 3 is 3.00 bits per heavy atom. The van der Waals surface area contributed by atoms with Crippen molar-refractivity contribution in [3.8, 4) is 0 Å². The highest BCUT2D eigenvalue weighted by Gasteiger charge is 2.21. The van der Waals surface area contributed by atoms with E-state index in [0.29, 0.717) is 25.1 Å². The van der Waals surface area contributed by atoms with Crippen molar-refractivity contribution in [2.45, 2.75) is 38.8 Å². The van der Waals surface area contributed by atoms with E-state index in [1.54, 1.807) is 17.0 Å². The summed E-state index contributed by atoms with van der Waals surface area (Å²) in [4.78, 5) is 14.0. The Labute approximate surface area is 127 Å². The lowest BCUT2D eigenvalue weighted by Gasteiger charge is -2.23. The predicted octanol–water partition coefficient (Wildman–Crippen LogP) is 3.08. The molecular formula is C15H20BrFN2O. The van der Waals surface area contributed by atoms with E-state index in [1.807, 2.05) is 6.92 Å². The average molecular weight is 343 g/mol. The van der Waals surface area contributed by atoms with Crippen LogP contribution >= 0.6 is 15.9 Å². The number of amides is 1. The Morgan fingerprint density at radius 1 is 1.55 bits per heavy atom. The number of carbonyl (C=O) groups is 1. The molecule has 1 aliphatic rings. The summed E-state index contributed by atoms with van der Waals surface area (Å²) < 4.78 is 14.6. The first-order valence-electron chi connectivity index (χ1n) is 7.05. The summed E-state index contributed by atoms with van der Waals surface area (Å²) >= 11 is 3.34. The van der Waals surface area contributed by atoms with Gasteiger partial charge in [-0.15, -0.1) is 0 Å². The zero-order valence-corrected chi connectivity index (χ0v) is 13.2. The number of nitrogens with one attached hydrogen (secondary N) is 1. The van der Waals surface area contributed by atoms with Crippen LogP contribution < -0.4 is 5.32 Å². The lowest BCUT2D eigenvalue weighted by Crippen LogP contribution is -2.35. The van der Waals surface area contributed by atoms with Crippen LogP contribution in [0.1, 0.15) is 31.7 Å². The van der Waals surface area contributed by atoms with Crippen LogP contribution in [-0.2, 0) is 11.3 Å². The van der Waals surface area contributed by atoms with Crippen molar-refractivity contribution in [3.63, 3.8) is 0 Å². The molecule has 1 aliphatic heterocycles. The highest BCUT2D eigenvalue weighted by Crippen LogP contribution is 2.18. The van der Waals surface area contributed by atoms with Crippen molar-refractivity contribution in [1.82, 2.24) is 10.2 Å². The highest BCUT2D eigenvalue weighted by molar-refractivity contribution is 9.10. The molecule has 0 spiro atoms. The Balaban J connectivity index is 2.00. The zero-order valence-electron chi connectivity index (χ0n) is 11.7. The highest BCUT2D eigenvalue weighted by atomic mass is 79.9. The van der Waals surface area contributed by atoms with E-state index >= 15 is 0 Å². The lowest BCUT2D eigenvalue weighted by atomic mass is 10.1. The third-order valence-corrected chi connectivity index (χ3v) is 4.18. The molecule has 0 radical (unpaired) electrons. The molecule has 0 aliphatic carbocycles. The summed E-state index contributed by atoms with van der Waals surface area (Å²) in [6.45, 7) is 3.84. The number of hydrogen-bond acceptors (Lipinski definition) is 2. The fourth-order valence-electron chi connectivity index (χ4n) is 2.52. The number of rotatable bonds is 5. The van der Waals surface area contributed by atoms with Gasteiger partial charge < -0.3 is 10.2 Å². The molecule has 1 amide bonds. The van der Waals surface area contributed by atoms with Gasteiger partial charge in [-0.2, -0.15) is 0 Å². The molecule has 1 aromatic rings. The van der Waals surface area contributed by atoms with Gasteiger partial charge in [0.2, 0.25) is 5.91 Å². The maximum absolute atomic E-state index is 13.8. The number of benzene rings is 1. The Hall–Kier alpha value is -0.940. The molecule has 0 saturated carbocycles. The second-order valence-corrected chi connectivity index (χ2v) is 6.06. The van der Waals surface area contributed by atoms with Crippen LogP contribution in [0.25, 0.3) is 0 Å². The minimum Gasteiger partial charge on any atom is -0.338 e. The van der Waals surface area contributed by atoms with Crippen LogP contribution in [0.4, 0.5) is 4.39 Å². The summed E-state index contributed by atoms with van der Waals surface area (Å²) in [5.41, 5.74) is 0.550. The summed E-state index contributed by atoms with van der Waals surface area (Å²) in [5, 5.41) is 3.32. The van der Waals surface area contributed by atoms with Gasteiger partial charge in [0, 0.05) is 35.6 Å². The third kappa shape index (κ3) is 4.03. The molecule has 1 N–H and O–H groups in total. The largest absolute Gasteiger partial charge is 0.338 e. The van der Waals surface area contributed by atoms with Crippen LogP contribution in [0, 0.1) is 5.82 Å². The minimum atomic E-state index is -0.265. The third-order valence-electron chi connectivity index (χ3n) is 3.69. The quantitative estimate of drug-likeness (QED) is 0.891. The first kappa shape index (κ1) is 15.4. The van der Waals surface area contributed by atoms with Gasteiger partial charge in [-0.25, -0.2) is 4.39 Å². The predicted molar refractivity (Wildman–Crippen MR) is 80.8 cm³/mol. The van der Waals surface area contributed by atoms with Gasteiger partial charge >= 0.3 is 0 Å². The molecule has 110 valence electrons. The van der Waals surface area contributed by atoms with Crippen molar-refractivity contribution in [1.29, 1.82) is 0 Å². The summed E-state index contributed by atoms with van der Waals surface area (Å²) in [5.74, 6) is -0.176. The van der Waals surface area contributed by atoms with Crippen molar-refractivity contribution in [2.24, 2.45) is 0 Å². The monoisotopic (exact) mass is 342 g/mol. The van der Waals surface area contributed by atoms with E-state index in [2.05, 4.69) is 21.2 Å². The second kappa shape index (κ2) is 7.18. The lowest BCUT2D eigenvalue weighted by molar-refractivity contribution is -0.132. The molecule has 5 heteroatoms. The standard InChI is InChI=1S/C15H20BrFN2O/c1-2-19(15(20)9-13-4-3-7-18-13)10-11-8-12(16)5-6-14(11)17/h5-6,8,13,18H,2-4,7,9-10H2,1H3. The van der Waals surface area contributed by atoms with Gasteiger partial charge in [0.25, 0.3) is 0 Å². The van der Waals surface area contributed by atoms with E-state index in [4.69, 9.17) is 0 Å². The van der Waals surface area contributed by atoms with E-state index < -0.39 is 0 Å². The van der Waals surface area contributed by atoms with Crippen molar-refractivity contribution in [2.75, 3.05) is 13.1 Å². The number of nitrogens with zero attached hydrogens (tertiary/aromatic N) is 1. The van der Waals surface area contributed by atoms with E-state index in [-0.39, 0.29) is 17.8 Å². The average Bonchev–Trinajstić information content (AvgIpc) is 2.92. The second-order valence-electron chi connectivity index (χ2n) is 5.14. The van der Waals surface area contributed by atoms with Crippen molar-refractivity contribution in [3.05, 3.63) is 34.1 Å². The van der Waals surface area contributed by atoms with Gasteiger partial charge in [-0.1, -0.05) is 15.9 Å². The van der Waals surface area contributed by atoms with Gasteiger partial charge in [0.05, 0.1) is 0 Å². The topological polar surface area (TPSA) is 32.3 Å². The van der Waals surface area contributed by atoms with E-state index in [0.717, 1.165) is 23.9 Å². The molecule has 1 aromatic carbocycles. The summed E-state index contributed by atoms with van der Waals surface area (Å²) in [6, 6.07) is 5.11. The van der Waals surface area contributed by atoms with Crippen LogP contribution in [0.2, 0.25) is 0 Å². The van der Waals surface area contributed by atoms with Crippen LogP contribution in [0.3, 0.4) is 0 Å². The molecule has 3 nitrogen and oxygen atoms in total. The van der Waals surface area contributed by atoms with E-state index in [9.17, 15) is 9.18 Å². The van der Waals surface area contributed by atoms with Crippen LogP contribution in [0.5, 0.6) is 0 Å². The normalized spacial score (nSPS) is 18.2. The molecule has 1 fully saturated rings. The molecule has 0 bridgehead atoms. The first-order chi connectivity index (χ1) is 9.60. The SMILES string of the molecule is CCN(Cc1cc(Br)ccc1F)C(=O)CC1CCCN1. The van der Waals surface area contributed by atoms with Crippen LogP contribution in [-0.4, -0.2) is 29.9 Å². The van der Waals surface area contributed by atoms with Gasteiger partial charge in [0.15, 0.2) is 0 Å². The van der Waals surface area contributed by atoms with Gasteiger partial charge in [0.1, 0.15) is 5.82 Å². The van der Waals surface area contributed by atoms with Gasteiger partial charge in [-0.05, 0) is 44.5 Å². The van der Waals surface area contributed by atoms with Crippen molar-refractivity contribution < 1.29 is 9.18 Å². The Morgan fingerprint density at radius 2 is 2.35 bits per heavy atom. The molecule has 1 saturated heterocycles. The zero-order chi connectivity index (χ0) is 14.5. The van der Waals surface area contributed by atoms with Crippen molar-refractivity contribution >= 4 is 21.8 Å². The number of carbonyl (C=O) groups excluding carboxylic acids is 1. The Kier molecular flexibility index (Phi) is 5.54. The summed E-state index contributed by atoms with van der Waals surface area (Å²) in [6.07, 6.45) is 2.68. The number of halogens is 2. The summed E-state index contributed by atoms with van der Waals surface area (Å²) in [7, 11) is 0. The molecule has 1 atom stereocenters. The van der Waals surface area contributed by atoms with Gasteiger partial charge in [-0.3, -0.25) is 4.79 Å². The number of hydrogen-bond donors (Lipinski definition) is 1. The maximum Gasteiger partial charge on any atom is 0.224 e. The molecule has 1 heterocycles. The molecular weight excluding hydrogens is 323 g/mol. The molecule has 0 aromatic heterocycles. The van der Waals surface area contributed by atoms with E-state index in [1.165, 1.54) is 6.07 Å². The minimum absolute atomic E-state index is 0.0891. The smallest absolute Gasteiger partial charge is 0.224 e.